The van der Waals surface area contributed by atoms with Crippen LogP contribution in [0.25, 0.3) is 11.1 Å². The van der Waals surface area contributed by atoms with Crippen LogP contribution in [0.3, 0.4) is 0 Å². The molecule has 0 unspecified atom stereocenters. The number of carboxylic acids is 1. The Hall–Kier alpha value is -3.39. The van der Waals surface area contributed by atoms with E-state index in [1.165, 1.54) is 32.4 Å². The Morgan fingerprint density at radius 2 is 1.93 bits per heavy atom. The quantitative estimate of drug-likeness (QED) is 0.614. The third kappa shape index (κ3) is 3.39. The van der Waals surface area contributed by atoms with E-state index < -0.39 is 11.8 Å². The predicted molar refractivity (Wildman–Crippen MR) is 111 cm³/mol. The fourth-order valence-corrected chi connectivity index (χ4v) is 4.94. The van der Waals surface area contributed by atoms with E-state index in [0.717, 1.165) is 16.9 Å². The number of aromatic carboxylic acids is 1. The Morgan fingerprint density at radius 1 is 1.17 bits per heavy atom. The largest absolute Gasteiger partial charge is 0.493 e. The summed E-state index contributed by atoms with van der Waals surface area (Å²) in [7, 11) is 3.06. The molecule has 0 saturated heterocycles. The number of carbonyl (C=O) groups excluding carboxylic acids is 1. The van der Waals surface area contributed by atoms with Crippen LogP contribution in [0.2, 0.25) is 0 Å². The van der Waals surface area contributed by atoms with Crippen LogP contribution in [0.1, 0.15) is 32.5 Å². The molecule has 8 heteroatoms. The second-order valence-corrected chi connectivity index (χ2v) is 7.83. The van der Waals surface area contributed by atoms with E-state index in [1.807, 2.05) is 6.07 Å². The number of rotatable bonds is 5. The van der Waals surface area contributed by atoms with Gasteiger partial charge in [-0.25, -0.2) is 9.18 Å². The molecule has 0 aliphatic carbocycles. The van der Waals surface area contributed by atoms with E-state index in [9.17, 15) is 19.1 Å². The molecule has 0 bridgehead atoms. The Kier molecular flexibility index (Phi) is 5.17. The molecule has 1 aromatic heterocycles. The van der Waals surface area contributed by atoms with Gasteiger partial charge in [-0.2, -0.15) is 0 Å². The summed E-state index contributed by atoms with van der Waals surface area (Å²) in [5.74, 6) is -1.15. The Bertz CT molecular complexity index is 1160. The number of halogens is 1. The van der Waals surface area contributed by atoms with Gasteiger partial charge in [-0.3, -0.25) is 4.79 Å². The molecule has 1 amide bonds. The molecule has 1 atom stereocenters. The van der Waals surface area contributed by atoms with Crippen molar-refractivity contribution < 1.29 is 28.6 Å². The Balaban J connectivity index is 1.91. The van der Waals surface area contributed by atoms with Crippen molar-refractivity contribution >= 4 is 28.9 Å². The fourth-order valence-electron chi connectivity index (χ4n) is 3.70. The summed E-state index contributed by atoms with van der Waals surface area (Å²) in [6.07, 6.45) is 0.157. The molecule has 1 aliphatic heterocycles. The molecule has 3 aromatic rings. The molecule has 2 aromatic carbocycles. The van der Waals surface area contributed by atoms with Crippen LogP contribution < -0.4 is 14.8 Å². The molecule has 2 N–H and O–H groups in total. The number of hydrogen-bond acceptors (Lipinski definition) is 5. The van der Waals surface area contributed by atoms with E-state index in [4.69, 9.17) is 9.47 Å². The molecule has 4 rings (SSSR count). The monoisotopic (exact) mass is 427 g/mol. The minimum absolute atomic E-state index is 0.0540. The van der Waals surface area contributed by atoms with Crippen LogP contribution in [-0.4, -0.2) is 31.2 Å². The van der Waals surface area contributed by atoms with Gasteiger partial charge in [0.15, 0.2) is 11.5 Å². The van der Waals surface area contributed by atoms with Crippen molar-refractivity contribution in [2.75, 3.05) is 19.5 Å². The predicted octanol–water partition coefficient (Wildman–Crippen LogP) is 4.74. The minimum atomic E-state index is -1.13. The van der Waals surface area contributed by atoms with Crippen LogP contribution in [0.15, 0.2) is 42.5 Å². The van der Waals surface area contributed by atoms with E-state index in [-0.39, 0.29) is 23.1 Å². The number of benzene rings is 2. The van der Waals surface area contributed by atoms with E-state index >= 15 is 0 Å². The van der Waals surface area contributed by atoms with Gasteiger partial charge >= 0.3 is 5.97 Å². The van der Waals surface area contributed by atoms with Crippen LogP contribution in [-0.2, 0) is 4.79 Å². The highest BCUT2D eigenvalue weighted by Crippen LogP contribution is 2.50. The van der Waals surface area contributed by atoms with Crippen molar-refractivity contribution in [1.29, 1.82) is 0 Å². The van der Waals surface area contributed by atoms with Crippen molar-refractivity contribution in [3.05, 3.63) is 63.6 Å². The molecule has 30 heavy (non-hydrogen) atoms. The maximum absolute atomic E-state index is 13.8. The molecular weight excluding hydrogens is 409 g/mol. The number of nitrogens with one attached hydrogen (secondary N) is 1. The van der Waals surface area contributed by atoms with Crippen molar-refractivity contribution in [3.63, 3.8) is 0 Å². The van der Waals surface area contributed by atoms with Crippen LogP contribution >= 0.6 is 11.3 Å². The molecule has 1 aliphatic rings. The zero-order valence-electron chi connectivity index (χ0n) is 16.2. The summed E-state index contributed by atoms with van der Waals surface area (Å²) in [6, 6.07) is 11.1. The number of anilines is 1. The summed E-state index contributed by atoms with van der Waals surface area (Å²) < 4.78 is 24.5. The first-order valence-corrected chi connectivity index (χ1v) is 9.92. The lowest BCUT2D eigenvalue weighted by Crippen LogP contribution is -2.22. The van der Waals surface area contributed by atoms with Gasteiger partial charge in [0.05, 0.1) is 19.9 Å². The van der Waals surface area contributed by atoms with E-state index in [0.29, 0.717) is 33.2 Å². The summed E-state index contributed by atoms with van der Waals surface area (Å²) in [5.41, 5.74) is 1.94. The first kappa shape index (κ1) is 19.9. The molecular formula is C22H18FNO5S. The number of ether oxygens (including phenoxy) is 2. The summed E-state index contributed by atoms with van der Waals surface area (Å²) >= 11 is 1.09. The molecule has 2 heterocycles. The number of carbonyl (C=O) groups is 2. The SMILES string of the molecule is COc1ccc([C@@H]2CC(=O)Nc3c2sc(C(=O)O)c3-c2cccc(F)c2)cc1OC. The third-order valence-electron chi connectivity index (χ3n) is 5.02. The standard InChI is InChI=1S/C22H18FNO5S/c1-28-15-7-6-11(9-16(15)29-2)14-10-17(25)24-19-18(12-4-3-5-13(23)8-12)21(22(26)27)30-20(14)19/h3-9,14H,10H2,1-2H3,(H,24,25)(H,26,27)/t14-/m0/s1. The van der Waals surface area contributed by atoms with Crippen LogP contribution in [0, 0.1) is 5.82 Å². The first-order valence-electron chi connectivity index (χ1n) is 9.10. The normalized spacial score (nSPS) is 15.3. The number of fused-ring (bicyclic) bond motifs is 1. The lowest BCUT2D eigenvalue weighted by Gasteiger charge is -2.24. The molecule has 154 valence electrons. The average Bonchev–Trinajstić information content (AvgIpc) is 3.12. The highest BCUT2D eigenvalue weighted by molar-refractivity contribution is 7.15. The number of methoxy groups -OCH3 is 2. The van der Waals surface area contributed by atoms with E-state index in [1.54, 1.807) is 18.2 Å². The molecule has 0 spiro atoms. The molecule has 6 nitrogen and oxygen atoms in total. The van der Waals surface area contributed by atoms with Gasteiger partial charge < -0.3 is 19.9 Å². The summed E-state index contributed by atoms with van der Waals surface area (Å²) in [5, 5.41) is 12.6. The summed E-state index contributed by atoms with van der Waals surface area (Å²) in [4.78, 5) is 25.3. The zero-order valence-corrected chi connectivity index (χ0v) is 17.0. The molecule has 0 saturated carbocycles. The second kappa shape index (κ2) is 7.79. The fraction of sp³-hybridized carbons (Fsp3) is 0.182. The number of carboxylic acid groups (broad SMARTS) is 1. The average molecular weight is 427 g/mol. The van der Waals surface area contributed by atoms with Crippen molar-refractivity contribution in [2.24, 2.45) is 0 Å². The van der Waals surface area contributed by atoms with Gasteiger partial charge in [-0.1, -0.05) is 18.2 Å². The van der Waals surface area contributed by atoms with E-state index in [2.05, 4.69) is 5.32 Å². The highest BCUT2D eigenvalue weighted by atomic mass is 32.1. The lowest BCUT2D eigenvalue weighted by atomic mass is 9.88. The van der Waals surface area contributed by atoms with Gasteiger partial charge in [-0.15, -0.1) is 11.3 Å². The second-order valence-electron chi connectivity index (χ2n) is 6.78. The van der Waals surface area contributed by atoms with Gasteiger partial charge in [-0.05, 0) is 35.4 Å². The third-order valence-corrected chi connectivity index (χ3v) is 6.31. The number of hydrogen-bond donors (Lipinski definition) is 2. The molecule has 0 fully saturated rings. The van der Waals surface area contributed by atoms with Gasteiger partial charge in [0.2, 0.25) is 5.91 Å². The number of amides is 1. The van der Waals surface area contributed by atoms with Gasteiger partial charge in [0.1, 0.15) is 10.7 Å². The highest BCUT2D eigenvalue weighted by Gasteiger charge is 2.34. The Labute approximate surface area is 175 Å². The zero-order chi connectivity index (χ0) is 21.4. The van der Waals surface area contributed by atoms with Crippen LogP contribution in [0.4, 0.5) is 10.1 Å². The Morgan fingerprint density at radius 3 is 2.60 bits per heavy atom. The lowest BCUT2D eigenvalue weighted by molar-refractivity contribution is -0.116. The smallest absolute Gasteiger partial charge is 0.346 e. The van der Waals surface area contributed by atoms with Crippen molar-refractivity contribution in [2.45, 2.75) is 12.3 Å². The first-order chi connectivity index (χ1) is 14.4. The van der Waals surface area contributed by atoms with Gasteiger partial charge in [0.25, 0.3) is 0 Å². The van der Waals surface area contributed by atoms with Gasteiger partial charge in [0, 0.05) is 22.8 Å². The van der Waals surface area contributed by atoms with Crippen molar-refractivity contribution in [1.82, 2.24) is 0 Å². The maximum Gasteiger partial charge on any atom is 0.346 e. The van der Waals surface area contributed by atoms with Crippen molar-refractivity contribution in [3.8, 4) is 22.6 Å². The molecule has 0 radical (unpaired) electrons. The van der Waals surface area contributed by atoms with Crippen LogP contribution in [0.5, 0.6) is 11.5 Å². The maximum atomic E-state index is 13.8. The summed E-state index contributed by atoms with van der Waals surface area (Å²) in [6.45, 7) is 0. The number of thiophene rings is 1. The minimum Gasteiger partial charge on any atom is -0.493 e. The topological polar surface area (TPSA) is 84.9 Å².